The van der Waals surface area contributed by atoms with Crippen LogP contribution in [-0.2, 0) is 0 Å². The van der Waals surface area contributed by atoms with E-state index in [2.05, 4.69) is 13.4 Å². The number of allylic oxidation sites excluding steroid dienone is 2. The molecule has 0 spiro atoms. The summed E-state index contributed by atoms with van der Waals surface area (Å²) in [5, 5.41) is 0. The largest absolute Gasteiger partial charge is 0.107 e. The van der Waals surface area contributed by atoms with Gasteiger partial charge in [0.2, 0.25) is 0 Å². The predicted octanol–water partition coefficient (Wildman–Crippen LogP) is 0.188. The Morgan fingerprint density at radius 3 is 3.23 bits per heavy atom. The average molecular weight is 159 g/mol. The van der Waals surface area contributed by atoms with E-state index in [-0.39, 0.29) is 6.49 Å². The number of hydrogen-bond acceptors (Lipinski definition) is 0. The number of hydrogen-bond donors (Lipinski definition) is 0. The van der Waals surface area contributed by atoms with E-state index in [9.17, 15) is 0 Å². The summed E-state index contributed by atoms with van der Waals surface area (Å²) in [7, 11) is 15.9. The maximum atomic E-state index is 6.16. The molecule has 0 bridgehead atoms. The highest BCUT2D eigenvalue weighted by atomic mass is 14.1. The summed E-state index contributed by atoms with van der Waals surface area (Å²) >= 11 is 0. The molecule has 56 valence electrons. The van der Waals surface area contributed by atoms with Gasteiger partial charge >= 0.3 is 0 Å². The summed E-state index contributed by atoms with van der Waals surface area (Å²) in [6.45, 7) is 0.605. The van der Waals surface area contributed by atoms with Crippen molar-refractivity contribution in [3.63, 3.8) is 0 Å². The molecule has 0 N–H and O–H groups in total. The van der Waals surface area contributed by atoms with Gasteiger partial charge in [-0.05, 0) is 6.42 Å². The molecule has 0 aromatic carbocycles. The van der Waals surface area contributed by atoms with Crippen molar-refractivity contribution in [3.8, 4) is 0 Å². The number of rotatable bonds is 1. The minimum atomic E-state index is 0.227. The van der Waals surface area contributed by atoms with Crippen molar-refractivity contribution in [1.82, 2.24) is 0 Å². The third-order valence-electron chi connectivity index (χ3n) is 3.33. The molecule has 1 unspecified atom stereocenters. The van der Waals surface area contributed by atoms with Crippen LogP contribution in [0.4, 0.5) is 0 Å². The van der Waals surface area contributed by atoms with Crippen molar-refractivity contribution in [2.45, 2.75) is 31.2 Å². The SMILES string of the molecule is [B][B]B1CC=C2CCC[B]C2B1[B]. The fraction of sp³-hybridized carbons (Fsp3) is 0.714. The number of fused-ring (bicyclic) bond motifs is 1. The maximum Gasteiger partial charge on any atom is 0.107 e. The molecule has 1 saturated heterocycles. The smallest absolute Gasteiger partial charge is 0.0951 e. The molecule has 2 aliphatic heterocycles. The van der Waals surface area contributed by atoms with Gasteiger partial charge in [-0.2, -0.15) is 0 Å². The molecule has 0 saturated carbocycles. The highest BCUT2D eigenvalue weighted by molar-refractivity contribution is 7.63. The van der Waals surface area contributed by atoms with E-state index in [4.69, 9.17) is 15.5 Å². The van der Waals surface area contributed by atoms with Crippen LogP contribution in [0, 0.1) is 0 Å². The monoisotopic (exact) mass is 160 g/mol. The molecule has 2 rings (SSSR count). The van der Waals surface area contributed by atoms with Gasteiger partial charge in [-0.25, -0.2) is 0 Å². The topological polar surface area (TPSA) is 0 Å². The first-order chi connectivity index (χ1) is 6.33. The van der Waals surface area contributed by atoms with Crippen molar-refractivity contribution < 1.29 is 0 Å². The van der Waals surface area contributed by atoms with Crippen molar-refractivity contribution >= 4 is 42.8 Å². The Morgan fingerprint density at radius 2 is 2.46 bits per heavy atom. The van der Waals surface area contributed by atoms with Gasteiger partial charge in [0, 0.05) is 22.5 Å². The zero-order chi connectivity index (χ0) is 9.26. The van der Waals surface area contributed by atoms with Gasteiger partial charge in [0.05, 0.1) is 13.0 Å². The quantitative estimate of drug-likeness (QED) is 0.378. The Labute approximate surface area is 86.1 Å². The lowest BCUT2D eigenvalue weighted by molar-refractivity contribution is 0.845. The second-order valence-corrected chi connectivity index (χ2v) is 4.10. The van der Waals surface area contributed by atoms with E-state index in [1.54, 1.807) is 12.6 Å². The van der Waals surface area contributed by atoms with Crippen molar-refractivity contribution in [2.75, 3.05) is 0 Å². The molecule has 6 radical (unpaired) electrons. The summed E-state index contributed by atoms with van der Waals surface area (Å²) in [5.41, 5.74) is 2.06. The van der Waals surface area contributed by atoms with Crippen LogP contribution >= 0.6 is 0 Å². The standard InChI is InChI=1S/C7H10B6/c8-11-12-5-3-6-2-1-4-10-7(6)13(12)9/h3,7H,1-2,4-5H2. The van der Waals surface area contributed by atoms with Crippen LogP contribution in [0.1, 0.15) is 12.8 Å². The molecule has 1 atom stereocenters. The summed E-state index contributed by atoms with van der Waals surface area (Å²) < 4.78 is 0. The third kappa shape index (κ3) is 1.82. The Kier molecular flexibility index (Phi) is 3.06. The summed E-state index contributed by atoms with van der Waals surface area (Å²) in [6, 6.07) is 0. The first-order valence-electron chi connectivity index (χ1n) is 5.16. The molecule has 0 nitrogen and oxygen atoms in total. The third-order valence-corrected chi connectivity index (χ3v) is 3.33. The summed E-state index contributed by atoms with van der Waals surface area (Å²) in [4.78, 5) is 0. The molecule has 0 amide bonds. The molecule has 1 fully saturated rings. The zero-order valence-corrected chi connectivity index (χ0v) is 7.95. The van der Waals surface area contributed by atoms with E-state index < -0.39 is 0 Å². The van der Waals surface area contributed by atoms with E-state index in [0.717, 1.165) is 6.32 Å². The molecule has 6 heteroatoms. The highest BCUT2D eigenvalue weighted by Gasteiger charge is 2.34. The fourth-order valence-corrected chi connectivity index (χ4v) is 2.48. The lowest BCUT2D eigenvalue weighted by Gasteiger charge is -2.36. The van der Waals surface area contributed by atoms with Gasteiger partial charge < -0.3 is 0 Å². The van der Waals surface area contributed by atoms with Gasteiger partial charge in [0.15, 0.2) is 0 Å². The lowest BCUT2D eigenvalue weighted by Crippen LogP contribution is -2.50. The van der Waals surface area contributed by atoms with Crippen LogP contribution in [0.2, 0.25) is 18.4 Å². The second kappa shape index (κ2) is 4.11. The van der Waals surface area contributed by atoms with Gasteiger partial charge in [-0.15, -0.1) is 0 Å². The average Bonchev–Trinajstić information content (AvgIpc) is 2.19. The maximum absolute atomic E-state index is 6.16. The Bertz CT molecular complexity index is 215. The predicted molar refractivity (Wildman–Crippen MR) is 65.2 cm³/mol. The molecular formula is C7H10B6. The minimum absolute atomic E-state index is 0.227. The molecule has 0 aliphatic carbocycles. The van der Waals surface area contributed by atoms with Crippen LogP contribution in [-0.4, -0.2) is 42.8 Å². The normalized spacial score (nSPS) is 27.4. The van der Waals surface area contributed by atoms with Gasteiger partial charge in [-0.3, -0.25) is 0 Å². The van der Waals surface area contributed by atoms with Crippen LogP contribution < -0.4 is 0 Å². The summed E-state index contributed by atoms with van der Waals surface area (Å²) in [5.74, 6) is 0. The van der Waals surface area contributed by atoms with Crippen LogP contribution in [0.5, 0.6) is 0 Å². The highest BCUT2D eigenvalue weighted by Crippen LogP contribution is 2.35. The molecule has 2 heterocycles. The van der Waals surface area contributed by atoms with Crippen LogP contribution in [0.15, 0.2) is 11.6 Å². The summed E-state index contributed by atoms with van der Waals surface area (Å²) in [6.07, 6.45) is 7.14. The Morgan fingerprint density at radius 1 is 1.62 bits per heavy atom. The Hall–Kier alpha value is 0.130. The van der Waals surface area contributed by atoms with Gasteiger partial charge in [0.1, 0.15) is 7.28 Å². The Balaban J connectivity index is 2.12. The van der Waals surface area contributed by atoms with E-state index >= 15 is 0 Å². The van der Waals surface area contributed by atoms with Crippen molar-refractivity contribution in [2.24, 2.45) is 0 Å². The first kappa shape index (κ1) is 9.68. The molecule has 0 aromatic heterocycles. The van der Waals surface area contributed by atoms with E-state index in [0.29, 0.717) is 12.2 Å². The van der Waals surface area contributed by atoms with Crippen molar-refractivity contribution in [3.05, 3.63) is 11.6 Å². The molecule has 2 aliphatic rings. The van der Waals surface area contributed by atoms with E-state index in [1.807, 2.05) is 0 Å². The lowest BCUT2D eigenvalue weighted by atomic mass is 8.81. The van der Waals surface area contributed by atoms with Gasteiger partial charge in [-0.1, -0.05) is 36.4 Å². The first-order valence-corrected chi connectivity index (χ1v) is 5.16. The molecule has 0 aromatic rings. The zero-order valence-electron chi connectivity index (χ0n) is 7.95. The minimum Gasteiger partial charge on any atom is -0.0951 e. The van der Waals surface area contributed by atoms with Crippen LogP contribution in [0.25, 0.3) is 0 Å². The van der Waals surface area contributed by atoms with Crippen molar-refractivity contribution in [1.29, 1.82) is 0 Å². The van der Waals surface area contributed by atoms with Gasteiger partial charge in [0.25, 0.3) is 0 Å². The fourth-order valence-electron chi connectivity index (χ4n) is 2.48. The van der Waals surface area contributed by atoms with Crippen LogP contribution in [0.3, 0.4) is 0 Å². The second-order valence-electron chi connectivity index (χ2n) is 4.10. The molecular weight excluding hydrogens is 149 g/mol. The molecule has 13 heavy (non-hydrogen) atoms. The van der Waals surface area contributed by atoms with E-state index in [1.165, 1.54) is 19.2 Å².